The van der Waals surface area contributed by atoms with Gasteiger partial charge in [-0.15, -0.1) is 0 Å². The van der Waals surface area contributed by atoms with E-state index in [4.69, 9.17) is 4.74 Å². The summed E-state index contributed by atoms with van der Waals surface area (Å²) in [4.78, 5) is 24.7. The summed E-state index contributed by atoms with van der Waals surface area (Å²) in [5.41, 5.74) is 4.34. The predicted octanol–water partition coefficient (Wildman–Crippen LogP) is 5.68. The van der Waals surface area contributed by atoms with Crippen molar-refractivity contribution in [2.45, 2.75) is 19.4 Å². The third-order valence-corrected chi connectivity index (χ3v) is 5.76. The topological polar surface area (TPSA) is 79.5 Å². The van der Waals surface area contributed by atoms with Crippen molar-refractivity contribution in [2.24, 2.45) is 0 Å². The first-order valence-electron chi connectivity index (χ1n) is 12.4. The highest BCUT2D eigenvalue weighted by Crippen LogP contribution is 2.16. The molecule has 6 nitrogen and oxygen atoms in total. The Morgan fingerprint density at radius 1 is 0.676 bits per heavy atom. The van der Waals surface area contributed by atoms with Gasteiger partial charge in [-0.1, -0.05) is 60.7 Å². The first-order valence-corrected chi connectivity index (χ1v) is 12.4. The van der Waals surface area contributed by atoms with E-state index in [0.29, 0.717) is 24.4 Å². The van der Waals surface area contributed by atoms with Crippen LogP contribution in [0, 0.1) is 0 Å². The lowest BCUT2D eigenvalue weighted by molar-refractivity contribution is -0.114. The molecule has 6 heteroatoms. The van der Waals surface area contributed by atoms with E-state index in [0.717, 1.165) is 29.8 Å². The van der Waals surface area contributed by atoms with Crippen LogP contribution in [0.1, 0.15) is 27.9 Å². The quantitative estimate of drug-likeness (QED) is 0.222. The maximum absolute atomic E-state index is 12.3. The van der Waals surface area contributed by atoms with Gasteiger partial charge >= 0.3 is 0 Å². The molecule has 4 aromatic carbocycles. The van der Waals surface area contributed by atoms with E-state index >= 15 is 0 Å². The monoisotopic (exact) mass is 493 g/mol. The largest absolute Gasteiger partial charge is 0.494 e. The molecule has 188 valence electrons. The third-order valence-electron chi connectivity index (χ3n) is 5.76. The second-order valence-corrected chi connectivity index (χ2v) is 8.61. The Bertz CT molecular complexity index is 1260. The number of rotatable bonds is 12. The zero-order valence-electron chi connectivity index (χ0n) is 20.7. The second-order valence-electron chi connectivity index (χ2n) is 8.61. The SMILES string of the molecule is O=C(CNc1ccc(OCCCc2ccccc2)cc1)Nc1ccc(C(=O)NCc2ccccc2)cc1. The molecule has 0 spiro atoms. The molecule has 0 aromatic heterocycles. The van der Waals surface area contributed by atoms with Crippen LogP contribution in [-0.4, -0.2) is 25.0 Å². The molecule has 0 bridgehead atoms. The lowest BCUT2D eigenvalue weighted by Gasteiger charge is -2.10. The number of carbonyl (C=O) groups is 2. The van der Waals surface area contributed by atoms with Crippen molar-refractivity contribution < 1.29 is 14.3 Å². The highest BCUT2D eigenvalue weighted by Gasteiger charge is 2.07. The number of ether oxygens (including phenoxy) is 1. The number of carbonyl (C=O) groups excluding carboxylic acids is 2. The van der Waals surface area contributed by atoms with Crippen molar-refractivity contribution in [1.29, 1.82) is 0 Å². The second kappa shape index (κ2) is 13.5. The normalized spacial score (nSPS) is 10.4. The number of hydrogen-bond acceptors (Lipinski definition) is 4. The smallest absolute Gasteiger partial charge is 0.251 e. The van der Waals surface area contributed by atoms with Crippen molar-refractivity contribution in [3.8, 4) is 5.75 Å². The van der Waals surface area contributed by atoms with Gasteiger partial charge in [-0.2, -0.15) is 0 Å². The Morgan fingerprint density at radius 2 is 1.30 bits per heavy atom. The summed E-state index contributed by atoms with van der Waals surface area (Å²) in [7, 11) is 0. The lowest BCUT2D eigenvalue weighted by atomic mass is 10.1. The molecule has 0 fully saturated rings. The van der Waals surface area contributed by atoms with E-state index < -0.39 is 0 Å². The third kappa shape index (κ3) is 8.54. The summed E-state index contributed by atoms with van der Waals surface area (Å²) >= 11 is 0. The van der Waals surface area contributed by atoms with Crippen LogP contribution in [0.2, 0.25) is 0 Å². The molecule has 4 aromatic rings. The first-order chi connectivity index (χ1) is 18.2. The summed E-state index contributed by atoms with van der Waals surface area (Å²) in [6, 6.07) is 34.5. The van der Waals surface area contributed by atoms with Crippen LogP contribution < -0.4 is 20.7 Å². The standard InChI is InChI=1S/C31H31N3O3/c35-30(34-28-15-13-26(14-16-28)31(36)33-22-25-10-5-2-6-11-25)23-32-27-17-19-29(20-18-27)37-21-7-12-24-8-3-1-4-9-24/h1-6,8-11,13-20,32H,7,12,21-23H2,(H,33,36)(H,34,35). The molecule has 0 atom stereocenters. The number of benzene rings is 4. The molecule has 4 rings (SSSR count). The van der Waals surface area contributed by atoms with Gasteiger partial charge in [-0.25, -0.2) is 0 Å². The number of amides is 2. The summed E-state index contributed by atoms with van der Waals surface area (Å²) in [5, 5.41) is 8.84. The van der Waals surface area contributed by atoms with Crippen LogP contribution in [0.4, 0.5) is 11.4 Å². The number of anilines is 2. The van der Waals surface area contributed by atoms with Crippen molar-refractivity contribution in [1.82, 2.24) is 5.32 Å². The lowest BCUT2D eigenvalue weighted by Crippen LogP contribution is -2.23. The van der Waals surface area contributed by atoms with E-state index in [2.05, 4.69) is 28.1 Å². The van der Waals surface area contributed by atoms with Gasteiger partial charge in [-0.3, -0.25) is 9.59 Å². The number of aryl methyl sites for hydroxylation is 1. The van der Waals surface area contributed by atoms with Crippen LogP contribution in [0.25, 0.3) is 0 Å². The zero-order chi connectivity index (χ0) is 25.7. The predicted molar refractivity (Wildman–Crippen MR) is 148 cm³/mol. The Morgan fingerprint density at radius 3 is 1.97 bits per heavy atom. The fraction of sp³-hybridized carbons (Fsp3) is 0.161. The molecule has 0 saturated carbocycles. The molecular weight excluding hydrogens is 462 g/mol. The van der Waals surface area contributed by atoms with Crippen LogP contribution in [0.5, 0.6) is 5.75 Å². The number of hydrogen-bond donors (Lipinski definition) is 3. The summed E-state index contributed by atoms with van der Waals surface area (Å²) in [5.74, 6) is 0.463. The molecule has 37 heavy (non-hydrogen) atoms. The van der Waals surface area contributed by atoms with E-state index in [-0.39, 0.29) is 18.4 Å². The fourth-order valence-electron chi connectivity index (χ4n) is 3.75. The van der Waals surface area contributed by atoms with Crippen LogP contribution in [0.15, 0.2) is 109 Å². The molecule has 0 heterocycles. The maximum atomic E-state index is 12.3. The first kappa shape index (κ1) is 25.5. The summed E-state index contributed by atoms with van der Waals surface area (Å²) in [6.07, 6.45) is 1.93. The van der Waals surface area contributed by atoms with Gasteiger partial charge in [0.15, 0.2) is 0 Å². The molecule has 0 radical (unpaired) electrons. The molecule has 3 N–H and O–H groups in total. The minimum absolute atomic E-state index is 0.122. The highest BCUT2D eigenvalue weighted by molar-refractivity contribution is 5.96. The van der Waals surface area contributed by atoms with Gasteiger partial charge in [0.25, 0.3) is 5.91 Å². The Kier molecular flexibility index (Phi) is 9.30. The molecule has 0 aliphatic carbocycles. The van der Waals surface area contributed by atoms with E-state index in [1.165, 1.54) is 5.56 Å². The number of nitrogens with one attached hydrogen (secondary N) is 3. The van der Waals surface area contributed by atoms with Gasteiger partial charge in [-0.05, 0) is 72.5 Å². The van der Waals surface area contributed by atoms with Crippen molar-refractivity contribution in [3.63, 3.8) is 0 Å². The fourth-order valence-corrected chi connectivity index (χ4v) is 3.75. The molecule has 0 aliphatic heterocycles. The van der Waals surface area contributed by atoms with Gasteiger partial charge in [0.05, 0.1) is 13.2 Å². The minimum atomic E-state index is -0.178. The Hall–Kier alpha value is -4.58. The van der Waals surface area contributed by atoms with Gasteiger partial charge in [0, 0.05) is 23.5 Å². The summed E-state index contributed by atoms with van der Waals surface area (Å²) in [6.45, 7) is 1.24. The van der Waals surface area contributed by atoms with Crippen LogP contribution in [-0.2, 0) is 17.8 Å². The molecule has 0 aliphatic rings. The Balaban J connectivity index is 1.15. The van der Waals surface area contributed by atoms with Crippen molar-refractivity contribution in [3.05, 3.63) is 126 Å². The molecule has 0 saturated heterocycles. The molecule has 2 amide bonds. The van der Waals surface area contributed by atoms with Gasteiger partial charge < -0.3 is 20.7 Å². The zero-order valence-corrected chi connectivity index (χ0v) is 20.7. The van der Waals surface area contributed by atoms with Gasteiger partial charge in [0.2, 0.25) is 5.91 Å². The van der Waals surface area contributed by atoms with Crippen molar-refractivity contribution in [2.75, 3.05) is 23.8 Å². The maximum Gasteiger partial charge on any atom is 0.251 e. The molecule has 0 unspecified atom stereocenters. The highest BCUT2D eigenvalue weighted by atomic mass is 16.5. The van der Waals surface area contributed by atoms with E-state index in [1.54, 1.807) is 24.3 Å². The van der Waals surface area contributed by atoms with Crippen LogP contribution in [0.3, 0.4) is 0 Å². The summed E-state index contributed by atoms with van der Waals surface area (Å²) < 4.78 is 5.82. The van der Waals surface area contributed by atoms with Crippen LogP contribution >= 0.6 is 0 Å². The molecular formula is C31H31N3O3. The average molecular weight is 494 g/mol. The van der Waals surface area contributed by atoms with Gasteiger partial charge in [0.1, 0.15) is 5.75 Å². The Labute approximate surface area is 217 Å². The minimum Gasteiger partial charge on any atom is -0.494 e. The van der Waals surface area contributed by atoms with Crippen molar-refractivity contribution >= 4 is 23.2 Å². The average Bonchev–Trinajstić information content (AvgIpc) is 2.95. The van der Waals surface area contributed by atoms with E-state index in [9.17, 15) is 9.59 Å². The van der Waals surface area contributed by atoms with E-state index in [1.807, 2.05) is 72.8 Å².